The highest BCUT2D eigenvalue weighted by Gasteiger charge is 2.28. The van der Waals surface area contributed by atoms with E-state index < -0.39 is 0 Å². The maximum atomic E-state index is 12.3. The number of rotatable bonds is 4. The molecule has 1 aromatic rings. The Bertz CT molecular complexity index is 472. The van der Waals surface area contributed by atoms with E-state index >= 15 is 0 Å². The molecule has 18 heavy (non-hydrogen) atoms. The van der Waals surface area contributed by atoms with Gasteiger partial charge in [-0.25, -0.2) is 0 Å². The number of nitrogens with zero attached hydrogens (tertiary/aromatic N) is 1. The van der Waals surface area contributed by atoms with E-state index in [0.717, 1.165) is 37.6 Å². The maximum Gasteiger partial charge on any atom is 0.254 e. The van der Waals surface area contributed by atoms with Crippen molar-refractivity contribution in [1.82, 2.24) is 9.88 Å². The fourth-order valence-electron chi connectivity index (χ4n) is 2.46. The van der Waals surface area contributed by atoms with Crippen molar-refractivity contribution >= 4 is 21.8 Å². The zero-order chi connectivity index (χ0) is 13.0. The second-order valence-electron chi connectivity index (χ2n) is 4.57. The number of amides is 1. The topological polar surface area (TPSA) is 53.2 Å². The van der Waals surface area contributed by atoms with Gasteiger partial charge in [-0.05, 0) is 31.7 Å². The van der Waals surface area contributed by atoms with Crippen molar-refractivity contribution < 1.29 is 4.79 Å². The van der Waals surface area contributed by atoms with E-state index in [-0.39, 0.29) is 11.5 Å². The zero-order valence-corrected chi connectivity index (χ0v) is 11.8. The number of H-pyrrole nitrogens is 1. The predicted octanol–water partition coefficient (Wildman–Crippen LogP) is 2.15. The molecule has 5 heteroatoms. The molecule has 4 nitrogen and oxygen atoms in total. The molecule has 1 unspecified atom stereocenters. The lowest BCUT2D eigenvalue weighted by Gasteiger charge is -2.24. The first kappa shape index (κ1) is 13.3. The molecule has 0 spiro atoms. The van der Waals surface area contributed by atoms with Crippen LogP contribution in [0.25, 0.3) is 0 Å². The summed E-state index contributed by atoms with van der Waals surface area (Å²) in [7, 11) is 0. The van der Waals surface area contributed by atoms with Crippen molar-refractivity contribution in [2.75, 3.05) is 11.9 Å². The Morgan fingerprint density at radius 2 is 2.39 bits per heavy atom. The number of alkyl halides is 1. The van der Waals surface area contributed by atoms with Crippen molar-refractivity contribution in [3.63, 3.8) is 0 Å². The van der Waals surface area contributed by atoms with Gasteiger partial charge in [0.05, 0.1) is 0 Å². The molecule has 2 heterocycles. The Balaban J connectivity index is 2.10. The normalized spacial score (nSPS) is 19.2. The third-order valence-corrected chi connectivity index (χ3v) is 3.89. The van der Waals surface area contributed by atoms with Gasteiger partial charge in [0.2, 0.25) is 5.56 Å². The number of carbonyl (C=O) groups excluding carboxylic acids is 1. The Labute approximate surface area is 115 Å². The Kier molecular flexibility index (Phi) is 4.58. The second-order valence-corrected chi connectivity index (χ2v) is 5.36. The van der Waals surface area contributed by atoms with E-state index in [4.69, 9.17) is 0 Å². The van der Waals surface area contributed by atoms with Crippen LogP contribution in [-0.2, 0) is 0 Å². The number of aromatic amines is 1. The first-order valence-corrected chi connectivity index (χ1v) is 7.40. The number of aromatic nitrogens is 1. The number of hydrogen-bond donors (Lipinski definition) is 1. The van der Waals surface area contributed by atoms with Crippen LogP contribution in [0.3, 0.4) is 0 Å². The van der Waals surface area contributed by atoms with E-state index in [1.165, 1.54) is 12.3 Å². The first-order chi connectivity index (χ1) is 8.72. The number of hydrogen-bond acceptors (Lipinski definition) is 2. The van der Waals surface area contributed by atoms with Gasteiger partial charge in [0.1, 0.15) is 0 Å². The molecule has 0 saturated carbocycles. The number of likely N-dealkylation sites (tertiary alicyclic amines) is 1. The lowest BCUT2D eigenvalue weighted by atomic mass is 10.1. The molecule has 0 radical (unpaired) electrons. The summed E-state index contributed by atoms with van der Waals surface area (Å²) >= 11 is 3.42. The lowest BCUT2D eigenvalue weighted by Crippen LogP contribution is -2.36. The minimum Gasteiger partial charge on any atom is -0.336 e. The molecule has 2 rings (SSSR count). The van der Waals surface area contributed by atoms with Gasteiger partial charge in [-0.2, -0.15) is 0 Å². The van der Waals surface area contributed by atoms with E-state index in [1.54, 1.807) is 6.07 Å². The van der Waals surface area contributed by atoms with Gasteiger partial charge in [0.15, 0.2) is 0 Å². The second kappa shape index (κ2) is 6.18. The average Bonchev–Trinajstić information content (AvgIpc) is 2.83. The Hall–Kier alpha value is -1.10. The quantitative estimate of drug-likeness (QED) is 0.866. The average molecular weight is 313 g/mol. The molecular weight excluding hydrogens is 296 g/mol. The molecule has 1 aromatic heterocycles. The first-order valence-electron chi connectivity index (χ1n) is 6.28. The minimum absolute atomic E-state index is 0.0156. The molecule has 0 aromatic carbocycles. The highest BCUT2D eigenvalue weighted by molar-refractivity contribution is 9.09. The van der Waals surface area contributed by atoms with Crippen LogP contribution in [0.15, 0.2) is 23.1 Å². The van der Waals surface area contributed by atoms with Crippen molar-refractivity contribution in [2.24, 2.45) is 0 Å². The Morgan fingerprint density at radius 1 is 1.56 bits per heavy atom. The van der Waals surface area contributed by atoms with Crippen LogP contribution in [0, 0.1) is 0 Å². The number of pyridine rings is 1. The van der Waals surface area contributed by atoms with Crippen molar-refractivity contribution in [3.05, 3.63) is 34.2 Å². The standard InChI is InChI=1S/C13H17BrN2O2/c14-6-1-3-11-4-2-8-16(11)13(18)10-5-7-15-12(17)9-10/h5,7,9,11H,1-4,6,8H2,(H,15,17). The van der Waals surface area contributed by atoms with Crippen molar-refractivity contribution in [2.45, 2.75) is 31.7 Å². The predicted molar refractivity (Wildman–Crippen MR) is 74.1 cm³/mol. The smallest absolute Gasteiger partial charge is 0.254 e. The largest absolute Gasteiger partial charge is 0.336 e. The number of nitrogens with one attached hydrogen (secondary N) is 1. The summed E-state index contributed by atoms with van der Waals surface area (Å²) in [6.07, 6.45) is 5.76. The third-order valence-electron chi connectivity index (χ3n) is 3.33. The molecule has 1 aliphatic heterocycles. The third kappa shape index (κ3) is 3.02. The van der Waals surface area contributed by atoms with Crippen LogP contribution in [0.4, 0.5) is 0 Å². The summed E-state index contributed by atoms with van der Waals surface area (Å²) in [5.41, 5.74) is 0.265. The summed E-state index contributed by atoms with van der Waals surface area (Å²) in [6.45, 7) is 0.804. The van der Waals surface area contributed by atoms with Gasteiger partial charge in [0, 0.05) is 35.7 Å². The maximum absolute atomic E-state index is 12.3. The summed E-state index contributed by atoms with van der Waals surface area (Å²) in [5.74, 6) is -0.0156. The SMILES string of the molecule is O=C(c1cc[nH]c(=O)c1)N1CCCC1CCCBr. The molecule has 1 N–H and O–H groups in total. The zero-order valence-electron chi connectivity index (χ0n) is 10.2. The molecule has 0 bridgehead atoms. The summed E-state index contributed by atoms with van der Waals surface area (Å²) < 4.78 is 0. The molecule has 98 valence electrons. The van der Waals surface area contributed by atoms with E-state index in [2.05, 4.69) is 20.9 Å². The van der Waals surface area contributed by atoms with Crippen LogP contribution in [0.1, 0.15) is 36.0 Å². The molecule has 1 amide bonds. The molecule has 1 fully saturated rings. The van der Waals surface area contributed by atoms with E-state index in [9.17, 15) is 9.59 Å². The lowest BCUT2D eigenvalue weighted by molar-refractivity contribution is 0.0730. The summed E-state index contributed by atoms with van der Waals surface area (Å²) in [4.78, 5) is 28.0. The number of halogens is 1. The van der Waals surface area contributed by atoms with Crippen LogP contribution in [-0.4, -0.2) is 33.7 Å². The minimum atomic E-state index is -0.225. The van der Waals surface area contributed by atoms with Crippen LogP contribution in [0.5, 0.6) is 0 Å². The fraction of sp³-hybridized carbons (Fsp3) is 0.538. The monoisotopic (exact) mass is 312 g/mol. The molecule has 1 saturated heterocycles. The van der Waals surface area contributed by atoms with Gasteiger partial charge < -0.3 is 9.88 Å². The Morgan fingerprint density at radius 3 is 3.11 bits per heavy atom. The molecular formula is C13H17BrN2O2. The van der Waals surface area contributed by atoms with Gasteiger partial charge >= 0.3 is 0 Å². The highest BCUT2D eigenvalue weighted by atomic mass is 79.9. The van der Waals surface area contributed by atoms with Gasteiger partial charge in [-0.3, -0.25) is 9.59 Å². The van der Waals surface area contributed by atoms with E-state index in [1.807, 2.05) is 4.90 Å². The number of carbonyl (C=O) groups is 1. The van der Waals surface area contributed by atoms with Crippen LogP contribution < -0.4 is 5.56 Å². The van der Waals surface area contributed by atoms with Crippen molar-refractivity contribution in [1.29, 1.82) is 0 Å². The molecule has 1 atom stereocenters. The van der Waals surface area contributed by atoms with E-state index in [0.29, 0.717) is 11.6 Å². The van der Waals surface area contributed by atoms with Gasteiger partial charge in [-0.15, -0.1) is 0 Å². The van der Waals surface area contributed by atoms with Gasteiger partial charge in [-0.1, -0.05) is 15.9 Å². The fourth-order valence-corrected chi connectivity index (χ4v) is 2.78. The van der Waals surface area contributed by atoms with Crippen LogP contribution >= 0.6 is 15.9 Å². The van der Waals surface area contributed by atoms with Gasteiger partial charge in [0.25, 0.3) is 5.91 Å². The summed E-state index contributed by atoms with van der Waals surface area (Å²) in [6, 6.07) is 3.38. The highest BCUT2D eigenvalue weighted by Crippen LogP contribution is 2.23. The molecule has 1 aliphatic rings. The summed E-state index contributed by atoms with van der Waals surface area (Å²) in [5, 5.41) is 0.969. The molecule has 0 aliphatic carbocycles. The van der Waals surface area contributed by atoms with Crippen molar-refractivity contribution in [3.8, 4) is 0 Å². The van der Waals surface area contributed by atoms with Crippen LogP contribution in [0.2, 0.25) is 0 Å².